The lowest BCUT2D eigenvalue weighted by Crippen LogP contribution is -2.22. The first-order valence-electron chi connectivity index (χ1n) is 8.86. The molecule has 4 rings (SSSR count). The molecule has 0 bridgehead atoms. The van der Waals surface area contributed by atoms with E-state index in [-0.39, 0.29) is 5.91 Å². The highest BCUT2D eigenvalue weighted by molar-refractivity contribution is 7.17. The Bertz CT molecular complexity index is 1150. The Kier molecular flexibility index (Phi) is 4.83. The van der Waals surface area contributed by atoms with E-state index in [0.29, 0.717) is 11.4 Å². The number of carbonyl (C=O) groups is 1. The molecule has 0 aliphatic rings. The molecule has 142 valence electrons. The molecule has 0 aliphatic heterocycles. The Morgan fingerprint density at radius 2 is 2.04 bits per heavy atom. The summed E-state index contributed by atoms with van der Waals surface area (Å²) in [5.74, 6) is 0.679. The predicted octanol–water partition coefficient (Wildman–Crippen LogP) is 3.94. The lowest BCUT2D eigenvalue weighted by atomic mass is 10.2. The first kappa shape index (κ1) is 18.2. The van der Waals surface area contributed by atoms with Crippen LogP contribution in [0.5, 0.6) is 5.75 Å². The largest absolute Gasteiger partial charge is 0.497 e. The van der Waals surface area contributed by atoms with Crippen LogP contribution in [-0.4, -0.2) is 27.6 Å². The first-order chi connectivity index (χ1) is 13.6. The fourth-order valence-corrected chi connectivity index (χ4v) is 4.12. The molecule has 0 aliphatic carbocycles. The van der Waals surface area contributed by atoms with Gasteiger partial charge in [-0.05, 0) is 36.8 Å². The zero-order valence-electron chi connectivity index (χ0n) is 15.9. The number of nitrogens with one attached hydrogen (secondary N) is 1. The van der Waals surface area contributed by atoms with Crippen LogP contribution in [0.3, 0.4) is 0 Å². The van der Waals surface area contributed by atoms with Crippen molar-refractivity contribution in [3.8, 4) is 16.3 Å². The van der Waals surface area contributed by atoms with Crippen LogP contribution in [0.1, 0.15) is 20.9 Å². The molecule has 0 unspecified atom stereocenters. The van der Waals surface area contributed by atoms with Crippen LogP contribution in [-0.2, 0) is 13.6 Å². The number of hydrogen-bond acceptors (Lipinski definition) is 5. The summed E-state index contributed by atoms with van der Waals surface area (Å²) in [7, 11) is 3.59. The molecule has 0 fully saturated rings. The van der Waals surface area contributed by atoms with Crippen molar-refractivity contribution in [1.82, 2.24) is 19.9 Å². The topological polar surface area (TPSA) is 69.0 Å². The molecule has 0 saturated carbocycles. The molecular formula is C21H20N4O2S. The SMILES string of the molecule is COc1ccc(CNC(=O)c2sc(-c3cn(C)c4ncccc34)nc2C)cc1. The quantitative estimate of drug-likeness (QED) is 0.558. The average molecular weight is 392 g/mol. The highest BCUT2D eigenvalue weighted by atomic mass is 32.1. The van der Waals surface area contributed by atoms with Gasteiger partial charge in [-0.1, -0.05) is 12.1 Å². The number of rotatable bonds is 5. The van der Waals surface area contributed by atoms with E-state index in [9.17, 15) is 4.79 Å². The van der Waals surface area contributed by atoms with E-state index in [1.165, 1.54) is 11.3 Å². The number of aryl methyl sites for hydroxylation is 2. The van der Waals surface area contributed by atoms with Gasteiger partial charge in [-0.15, -0.1) is 11.3 Å². The zero-order valence-corrected chi connectivity index (χ0v) is 16.7. The van der Waals surface area contributed by atoms with Gasteiger partial charge in [0.05, 0.1) is 12.8 Å². The second kappa shape index (κ2) is 7.44. The van der Waals surface area contributed by atoms with E-state index in [2.05, 4.69) is 15.3 Å². The molecule has 1 N–H and O–H groups in total. The van der Waals surface area contributed by atoms with Gasteiger partial charge < -0.3 is 14.6 Å². The summed E-state index contributed by atoms with van der Waals surface area (Å²) in [4.78, 5) is 22.4. The second-order valence-corrected chi connectivity index (χ2v) is 7.49. The maximum atomic E-state index is 12.7. The van der Waals surface area contributed by atoms with Crippen molar-refractivity contribution in [2.75, 3.05) is 7.11 Å². The van der Waals surface area contributed by atoms with E-state index in [1.807, 2.05) is 61.1 Å². The summed E-state index contributed by atoms with van der Waals surface area (Å²) in [6.07, 6.45) is 3.78. The van der Waals surface area contributed by atoms with Gasteiger partial charge in [-0.3, -0.25) is 4.79 Å². The Morgan fingerprint density at radius 1 is 1.25 bits per heavy atom. The third-order valence-electron chi connectivity index (χ3n) is 4.58. The number of fused-ring (bicyclic) bond motifs is 1. The molecule has 6 nitrogen and oxygen atoms in total. The van der Waals surface area contributed by atoms with Gasteiger partial charge in [0, 0.05) is 36.9 Å². The summed E-state index contributed by atoms with van der Waals surface area (Å²) < 4.78 is 7.13. The van der Waals surface area contributed by atoms with E-state index in [0.717, 1.165) is 38.6 Å². The van der Waals surface area contributed by atoms with Crippen LogP contribution in [0, 0.1) is 6.92 Å². The lowest BCUT2D eigenvalue weighted by Gasteiger charge is -2.05. The predicted molar refractivity (Wildman–Crippen MR) is 111 cm³/mol. The molecule has 0 saturated heterocycles. The fraction of sp³-hybridized carbons (Fsp3) is 0.190. The van der Waals surface area contributed by atoms with Crippen LogP contribution < -0.4 is 10.1 Å². The maximum absolute atomic E-state index is 12.7. The van der Waals surface area contributed by atoms with Crippen molar-refractivity contribution in [3.63, 3.8) is 0 Å². The molecule has 1 aromatic carbocycles. The molecule has 3 heterocycles. The van der Waals surface area contributed by atoms with E-state index < -0.39 is 0 Å². The highest BCUT2D eigenvalue weighted by Crippen LogP contribution is 2.33. The minimum absolute atomic E-state index is 0.115. The normalized spacial score (nSPS) is 11.0. The molecular weight excluding hydrogens is 372 g/mol. The standard InChI is InChI=1S/C21H20N4O2S/c1-13-18(20(26)23-11-14-6-8-15(27-3)9-7-14)28-21(24-13)17-12-25(2)19-16(17)5-4-10-22-19/h4-10,12H,11H2,1-3H3,(H,23,26). The number of thiazole rings is 1. The average Bonchev–Trinajstić information content (AvgIpc) is 3.27. The zero-order chi connectivity index (χ0) is 19.7. The second-order valence-electron chi connectivity index (χ2n) is 6.49. The van der Waals surface area contributed by atoms with Crippen molar-refractivity contribution in [2.45, 2.75) is 13.5 Å². The molecule has 28 heavy (non-hydrogen) atoms. The molecule has 4 aromatic rings. The number of pyridine rings is 1. The number of benzene rings is 1. The number of amides is 1. The molecule has 1 amide bonds. The smallest absolute Gasteiger partial charge is 0.263 e. The van der Waals surface area contributed by atoms with E-state index >= 15 is 0 Å². The van der Waals surface area contributed by atoms with Gasteiger partial charge in [0.15, 0.2) is 0 Å². The third-order valence-corrected chi connectivity index (χ3v) is 5.77. The van der Waals surface area contributed by atoms with E-state index in [4.69, 9.17) is 4.74 Å². The number of aromatic nitrogens is 3. The van der Waals surface area contributed by atoms with Gasteiger partial charge in [-0.25, -0.2) is 9.97 Å². The molecule has 0 radical (unpaired) electrons. The molecule has 0 spiro atoms. The summed E-state index contributed by atoms with van der Waals surface area (Å²) in [6.45, 7) is 2.32. The fourth-order valence-electron chi connectivity index (χ4n) is 3.11. The van der Waals surface area contributed by atoms with Crippen molar-refractivity contribution in [2.24, 2.45) is 7.05 Å². The summed E-state index contributed by atoms with van der Waals surface area (Å²) in [5.41, 5.74) is 3.63. The van der Waals surface area contributed by atoms with E-state index in [1.54, 1.807) is 13.3 Å². The van der Waals surface area contributed by atoms with Gasteiger partial charge in [0.1, 0.15) is 21.3 Å². The van der Waals surface area contributed by atoms with Crippen LogP contribution >= 0.6 is 11.3 Å². The summed E-state index contributed by atoms with van der Waals surface area (Å²) in [5, 5.41) is 4.83. The number of ether oxygens (including phenoxy) is 1. The van der Waals surface area contributed by atoms with Crippen LogP contribution in [0.4, 0.5) is 0 Å². The maximum Gasteiger partial charge on any atom is 0.263 e. The lowest BCUT2D eigenvalue weighted by molar-refractivity contribution is 0.0954. The Balaban J connectivity index is 1.55. The first-order valence-corrected chi connectivity index (χ1v) is 9.67. The van der Waals surface area contributed by atoms with Crippen LogP contribution in [0.2, 0.25) is 0 Å². The van der Waals surface area contributed by atoms with Gasteiger partial charge in [-0.2, -0.15) is 0 Å². The Labute approximate surface area is 166 Å². The highest BCUT2D eigenvalue weighted by Gasteiger charge is 2.19. The van der Waals surface area contributed by atoms with Crippen LogP contribution in [0.15, 0.2) is 48.8 Å². The summed E-state index contributed by atoms with van der Waals surface area (Å²) in [6, 6.07) is 11.6. The minimum Gasteiger partial charge on any atom is -0.497 e. The van der Waals surface area contributed by atoms with Crippen molar-refractivity contribution in [3.05, 3.63) is 64.9 Å². The van der Waals surface area contributed by atoms with Gasteiger partial charge >= 0.3 is 0 Å². The number of methoxy groups -OCH3 is 1. The monoisotopic (exact) mass is 392 g/mol. The summed E-state index contributed by atoms with van der Waals surface area (Å²) >= 11 is 1.41. The molecule has 0 atom stereocenters. The minimum atomic E-state index is -0.115. The van der Waals surface area contributed by atoms with Crippen molar-refractivity contribution >= 4 is 28.3 Å². The number of carbonyl (C=O) groups excluding carboxylic acids is 1. The van der Waals surface area contributed by atoms with Crippen LogP contribution in [0.25, 0.3) is 21.6 Å². The Hall–Kier alpha value is -3.19. The van der Waals surface area contributed by atoms with Crippen molar-refractivity contribution < 1.29 is 9.53 Å². The third kappa shape index (κ3) is 3.36. The van der Waals surface area contributed by atoms with Gasteiger partial charge in [0.2, 0.25) is 0 Å². The molecule has 7 heteroatoms. The number of hydrogen-bond donors (Lipinski definition) is 1. The van der Waals surface area contributed by atoms with Gasteiger partial charge in [0.25, 0.3) is 5.91 Å². The van der Waals surface area contributed by atoms with Crippen molar-refractivity contribution in [1.29, 1.82) is 0 Å². The Morgan fingerprint density at radius 3 is 2.79 bits per heavy atom. The number of nitrogens with zero attached hydrogens (tertiary/aromatic N) is 3. The molecule has 3 aromatic heterocycles.